The molecule has 0 aromatic carbocycles. The van der Waals surface area contributed by atoms with Crippen molar-refractivity contribution in [2.75, 3.05) is 11.9 Å². The lowest BCUT2D eigenvalue weighted by Gasteiger charge is -2.04. The quantitative estimate of drug-likeness (QED) is 0.831. The Kier molecular flexibility index (Phi) is 4.33. The molecule has 0 radical (unpaired) electrons. The minimum atomic E-state index is 0.00139. The van der Waals surface area contributed by atoms with Crippen LogP contribution in [0.25, 0.3) is 0 Å². The van der Waals surface area contributed by atoms with Crippen molar-refractivity contribution in [2.45, 2.75) is 20.4 Å². The number of thiazole rings is 1. The second kappa shape index (κ2) is 5.79. The van der Waals surface area contributed by atoms with Crippen LogP contribution in [0.2, 0.25) is 0 Å². The number of hydrogen-bond acceptors (Lipinski definition) is 5. The fourth-order valence-corrected chi connectivity index (χ4v) is 2.77. The summed E-state index contributed by atoms with van der Waals surface area (Å²) in [5, 5.41) is 4.04. The lowest BCUT2D eigenvalue weighted by atomic mass is 10.4. The normalized spacial score (nSPS) is 10.6. The number of anilines is 1. The van der Waals surface area contributed by atoms with Gasteiger partial charge in [-0.3, -0.25) is 9.36 Å². The van der Waals surface area contributed by atoms with Crippen molar-refractivity contribution in [3.8, 4) is 0 Å². The molecule has 0 aliphatic rings. The molecule has 0 spiro atoms. The molecule has 5 nitrogen and oxygen atoms in total. The number of halogens is 1. The summed E-state index contributed by atoms with van der Waals surface area (Å²) in [6.07, 6.45) is 3.38. The molecule has 18 heavy (non-hydrogen) atoms. The van der Waals surface area contributed by atoms with Crippen LogP contribution in [0.3, 0.4) is 0 Å². The number of aryl methyl sites for hydroxylation is 1. The number of nitrogens with zero attached hydrogens (tertiary/aromatic N) is 3. The third kappa shape index (κ3) is 2.89. The summed E-state index contributed by atoms with van der Waals surface area (Å²) in [6.45, 7) is 5.23. The van der Waals surface area contributed by atoms with Crippen LogP contribution in [0.4, 0.5) is 5.13 Å². The van der Waals surface area contributed by atoms with Gasteiger partial charge >= 0.3 is 0 Å². The number of rotatable bonds is 4. The third-order valence-corrected chi connectivity index (χ3v) is 4.55. The van der Waals surface area contributed by atoms with Crippen molar-refractivity contribution >= 4 is 39.1 Å². The SMILES string of the molecule is CCNc1ncc(Cn2cnc(C)c(I)c2=O)s1. The molecule has 0 aliphatic carbocycles. The summed E-state index contributed by atoms with van der Waals surface area (Å²) < 4.78 is 2.28. The van der Waals surface area contributed by atoms with Gasteiger partial charge in [0.2, 0.25) is 0 Å². The highest BCUT2D eigenvalue weighted by Crippen LogP contribution is 2.18. The summed E-state index contributed by atoms with van der Waals surface area (Å²) in [6, 6.07) is 0. The van der Waals surface area contributed by atoms with E-state index >= 15 is 0 Å². The minimum absolute atomic E-state index is 0.00139. The first-order valence-corrected chi connectivity index (χ1v) is 7.41. The van der Waals surface area contributed by atoms with E-state index in [4.69, 9.17) is 0 Å². The zero-order valence-corrected chi connectivity index (χ0v) is 13.1. The predicted molar refractivity (Wildman–Crippen MR) is 81.3 cm³/mol. The minimum Gasteiger partial charge on any atom is -0.362 e. The summed E-state index contributed by atoms with van der Waals surface area (Å²) in [5.41, 5.74) is 0.774. The van der Waals surface area contributed by atoms with Gasteiger partial charge in [0, 0.05) is 17.6 Å². The Hall–Kier alpha value is -0.960. The Morgan fingerprint density at radius 1 is 1.50 bits per heavy atom. The lowest BCUT2D eigenvalue weighted by molar-refractivity contribution is 0.731. The van der Waals surface area contributed by atoms with E-state index in [0.717, 1.165) is 22.2 Å². The van der Waals surface area contributed by atoms with Crippen LogP contribution in [0.5, 0.6) is 0 Å². The van der Waals surface area contributed by atoms with E-state index in [1.54, 1.807) is 28.4 Å². The molecule has 0 fully saturated rings. The molecule has 0 atom stereocenters. The second-order valence-corrected chi connectivity index (χ2v) is 5.93. The van der Waals surface area contributed by atoms with Gasteiger partial charge in [-0.2, -0.15) is 0 Å². The lowest BCUT2D eigenvalue weighted by Crippen LogP contribution is -2.24. The molecule has 96 valence electrons. The van der Waals surface area contributed by atoms with Gasteiger partial charge in [-0.15, -0.1) is 11.3 Å². The Morgan fingerprint density at radius 2 is 2.28 bits per heavy atom. The molecule has 1 N–H and O–H groups in total. The third-order valence-electron chi connectivity index (χ3n) is 2.36. The van der Waals surface area contributed by atoms with Gasteiger partial charge in [0.1, 0.15) is 0 Å². The van der Waals surface area contributed by atoms with Crippen molar-refractivity contribution in [1.82, 2.24) is 14.5 Å². The molecule has 2 heterocycles. The zero-order chi connectivity index (χ0) is 13.1. The molecule has 7 heteroatoms. The molecule has 0 saturated heterocycles. The topological polar surface area (TPSA) is 59.8 Å². The molecule has 2 rings (SSSR count). The maximum atomic E-state index is 12.0. The average molecular weight is 376 g/mol. The van der Waals surface area contributed by atoms with E-state index in [-0.39, 0.29) is 5.56 Å². The summed E-state index contributed by atoms with van der Waals surface area (Å²) in [7, 11) is 0. The Balaban J connectivity index is 2.23. The summed E-state index contributed by atoms with van der Waals surface area (Å²) in [4.78, 5) is 21.5. The van der Waals surface area contributed by atoms with Crippen molar-refractivity contribution in [3.63, 3.8) is 0 Å². The molecular formula is C11H13IN4OS. The first kappa shape index (κ1) is 13.5. The Bertz CT molecular complexity index is 607. The van der Waals surface area contributed by atoms with Gasteiger partial charge < -0.3 is 5.32 Å². The van der Waals surface area contributed by atoms with E-state index in [0.29, 0.717) is 10.1 Å². The fourth-order valence-electron chi connectivity index (χ4n) is 1.44. The number of nitrogens with one attached hydrogen (secondary N) is 1. The number of hydrogen-bond donors (Lipinski definition) is 1. The highest BCUT2D eigenvalue weighted by molar-refractivity contribution is 14.1. The van der Waals surface area contributed by atoms with Crippen LogP contribution in [0.15, 0.2) is 17.3 Å². The van der Waals surface area contributed by atoms with Crippen LogP contribution in [-0.4, -0.2) is 21.1 Å². The van der Waals surface area contributed by atoms with E-state index in [1.807, 2.05) is 36.4 Å². The predicted octanol–water partition coefficient (Wildman–Crippen LogP) is 2.09. The highest BCUT2D eigenvalue weighted by Gasteiger charge is 2.07. The smallest absolute Gasteiger partial charge is 0.267 e. The first-order valence-electron chi connectivity index (χ1n) is 5.52. The van der Waals surface area contributed by atoms with Crippen LogP contribution in [0, 0.1) is 10.5 Å². The highest BCUT2D eigenvalue weighted by atomic mass is 127. The summed E-state index contributed by atoms with van der Waals surface area (Å²) >= 11 is 3.59. The van der Waals surface area contributed by atoms with E-state index in [2.05, 4.69) is 15.3 Å². The van der Waals surface area contributed by atoms with E-state index < -0.39 is 0 Å². The average Bonchev–Trinajstić information content (AvgIpc) is 2.78. The van der Waals surface area contributed by atoms with Crippen molar-refractivity contribution in [3.05, 3.63) is 37.0 Å². The van der Waals surface area contributed by atoms with Gasteiger partial charge in [0.15, 0.2) is 5.13 Å². The molecule has 2 aromatic heterocycles. The van der Waals surface area contributed by atoms with Gasteiger partial charge in [-0.1, -0.05) is 0 Å². The van der Waals surface area contributed by atoms with Gasteiger partial charge in [-0.25, -0.2) is 9.97 Å². The molecule has 0 aliphatic heterocycles. The molecule has 0 saturated carbocycles. The van der Waals surface area contributed by atoms with E-state index in [1.165, 1.54) is 0 Å². The number of aromatic nitrogens is 3. The van der Waals surface area contributed by atoms with Gasteiger partial charge in [0.25, 0.3) is 5.56 Å². The largest absolute Gasteiger partial charge is 0.362 e. The van der Waals surface area contributed by atoms with Gasteiger partial charge in [-0.05, 0) is 36.4 Å². The van der Waals surface area contributed by atoms with Crippen LogP contribution < -0.4 is 10.9 Å². The summed E-state index contributed by atoms with van der Waals surface area (Å²) in [5.74, 6) is 0. The Labute approximate surface area is 122 Å². The molecule has 0 bridgehead atoms. The maximum absolute atomic E-state index is 12.0. The van der Waals surface area contributed by atoms with E-state index in [9.17, 15) is 4.79 Å². The standard InChI is InChI=1S/C11H13IN4OS/c1-3-13-11-14-4-8(18-11)5-16-6-15-7(2)9(12)10(16)17/h4,6H,3,5H2,1-2H3,(H,13,14). The van der Waals surface area contributed by atoms with Crippen molar-refractivity contribution in [2.24, 2.45) is 0 Å². The van der Waals surface area contributed by atoms with Gasteiger partial charge in [0.05, 0.1) is 22.1 Å². The maximum Gasteiger partial charge on any atom is 0.267 e. The second-order valence-electron chi connectivity index (χ2n) is 3.74. The monoisotopic (exact) mass is 376 g/mol. The van der Waals surface area contributed by atoms with Crippen LogP contribution >= 0.6 is 33.9 Å². The molecular weight excluding hydrogens is 363 g/mol. The fraction of sp³-hybridized carbons (Fsp3) is 0.364. The first-order chi connectivity index (χ1) is 8.61. The molecule has 0 unspecified atom stereocenters. The van der Waals surface area contributed by atoms with Crippen molar-refractivity contribution < 1.29 is 0 Å². The van der Waals surface area contributed by atoms with Crippen molar-refractivity contribution in [1.29, 1.82) is 0 Å². The molecule has 0 amide bonds. The van der Waals surface area contributed by atoms with Crippen LogP contribution in [-0.2, 0) is 6.54 Å². The zero-order valence-electron chi connectivity index (χ0n) is 10.1. The van der Waals surface area contributed by atoms with Crippen LogP contribution in [0.1, 0.15) is 17.5 Å². The molecule has 2 aromatic rings. The Morgan fingerprint density at radius 3 is 3.00 bits per heavy atom.